The van der Waals surface area contributed by atoms with Gasteiger partial charge in [-0.25, -0.2) is 0 Å². The van der Waals surface area contributed by atoms with Gasteiger partial charge in [-0.2, -0.15) is 0 Å². The molecule has 15 heavy (non-hydrogen) atoms. The lowest BCUT2D eigenvalue weighted by Crippen LogP contribution is -2.20. The summed E-state index contributed by atoms with van der Waals surface area (Å²) < 4.78 is 2.27. The maximum Gasteiger partial charge on any atom is 0.116 e. The van der Waals surface area contributed by atoms with Gasteiger partial charge in [-0.05, 0) is 37.1 Å². The van der Waals surface area contributed by atoms with E-state index in [2.05, 4.69) is 10.6 Å². The highest BCUT2D eigenvalue weighted by atomic mass is 16.3. The predicted octanol–water partition coefficient (Wildman–Crippen LogP) is 2.14. The number of aromatic hydroxyl groups is 1. The highest BCUT2D eigenvalue weighted by molar-refractivity contribution is 5.83. The summed E-state index contributed by atoms with van der Waals surface area (Å²) in [6, 6.07) is 7.74. The monoisotopic (exact) mass is 202 g/mol. The summed E-state index contributed by atoms with van der Waals surface area (Å²) in [7, 11) is 0. The first-order valence-electron chi connectivity index (χ1n) is 5.33. The number of aryl methyl sites for hydroxylation is 1. The number of nitrogens with zero attached hydrogens (tertiary/aromatic N) is 1. The fourth-order valence-corrected chi connectivity index (χ4v) is 2.45. The Hall–Kier alpha value is -1.48. The van der Waals surface area contributed by atoms with Gasteiger partial charge in [0.2, 0.25) is 0 Å². The van der Waals surface area contributed by atoms with Crippen molar-refractivity contribution < 1.29 is 5.11 Å². The normalized spacial score (nSPS) is 20.5. The van der Waals surface area contributed by atoms with Crippen LogP contribution < -0.4 is 5.73 Å². The Morgan fingerprint density at radius 3 is 3.07 bits per heavy atom. The Labute approximate surface area is 88.1 Å². The number of fused-ring (bicyclic) bond motifs is 3. The summed E-state index contributed by atoms with van der Waals surface area (Å²) in [5.41, 5.74) is 8.44. The Morgan fingerprint density at radius 2 is 2.20 bits per heavy atom. The smallest absolute Gasteiger partial charge is 0.116 e. The lowest BCUT2D eigenvalue weighted by Gasteiger charge is -2.21. The Morgan fingerprint density at radius 1 is 1.33 bits per heavy atom. The van der Waals surface area contributed by atoms with E-state index < -0.39 is 0 Å². The second kappa shape index (κ2) is 3.00. The number of benzene rings is 1. The summed E-state index contributed by atoms with van der Waals surface area (Å²) in [5, 5.41) is 10.5. The molecule has 0 radical (unpaired) electrons. The van der Waals surface area contributed by atoms with Gasteiger partial charge in [-0.1, -0.05) is 0 Å². The number of phenols is 1. The van der Waals surface area contributed by atoms with Crippen LogP contribution >= 0.6 is 0 Å². The maximum absolute atomic E-state index is 9.42. The minimum absolute atomic E-state index is 0.147. The van der Waals surface area contributed by atoms with Crippen LogP contribution in [0.1, 0.15) is 24.6 Å². The average Bonchev–Trinajstić information content (AvgIpc) is 2.57. The molecule has 1 atom stereocenters. The fraction of sp³-hybridized carbons (Fsp3) is 0.333. The van der Waals surface area contributed by atoms with Gasteiger partial charge in [0.05, 0.1) is 0 Å². The third kappa shape index (κ3) is 1.23. The summed E-state index contributed by atoms with van der Waals surface area (Å²) in [5.74, 6) is 0.319. The van der Waals surface area contributed by atoms with Crippen LogP contribution in [-0.2, 0) is 6.54 Å². The van der Waals surface area contributed by atoms with Crippen molar-refractivity contribution in [2.45, 2.75) is 25.4 Å². The summed E-state index contributed by atoms with van der Waals surface area (Å²) in [6.07, 6.45) is 2.20. The molecule has 1 aromatic carbocycles. The van der Waals surface area contributed by atoms with Crippen molar-refractivity contribution in [2.75, 3.05) is 0 Å². The van der Waals surface area contributed by atoms with E-state index in [0.717, 1.165) is 24.8 Å². The van der Waals surface area contributed by atoms with E-state index in [1.807, 2.05) is 6.07 Å². The number of nitrogens with two attached hydrogens (primary N) is 1. The van der Waals surface area contributed by atoms with Crippen LogP contribution in [-0.4, -0.2) is 9.67 Å². The summed E-state index contributed by atoms with van der Waals surface area (Å²) in [4.78, 5) is 0. The van der Waals surface area contributed by atoms with Crippen molar-refractivity contribution in [1.82, 2.24) is 4.57 Å². The molecule has 3 rings (SSSR count). The molecule has 3 nitrogen and oxygen atoms in total. The first kappa shape index (κ1) is 8.80. The van der Waals surface area contributed by atoms with Gasteiger partial charge in [0.1, 0.15) is 5.75 Å². The lowest BCUT2D eigenvalue weighted by molar-refractivity contribution is 0.470. The SMILES string of the molecule is NC1CCCn2c1cc1cc(O)ccc12. The first-order chi connectivity index (χ1) is 7.25. The zero-order chi connectivity index (χ0) is 10.4. The standard InChI is InChI=1S/C12H14N2O/c13-10-2-1-5-14-11-4-3-9(15)6-8(11)7-12(10)14/h3-4,6-7,10,15H,1-2,5,13H2. The number of phenolic OH excluding ortho intramolecular Hbond substituents is 1. The molecular formula is C12H14N2O. The van der Waals surface area contributed by atoms with Crippen molar-refractivity contribution in [3.63, 3.8) is 0 Å². The molecule has 1 aromatic heterocycles. The maximum atomic E-state index is 9.42. The molecule has 0 amide bonds. The minimum Gasteiger partial charge on any atom is -0.508 e. The number of hydrogen-bond acceptors (Lipinski definition) is 2. The van der Waals surface area contributed by atoms with Crippen molar-refractivity contribution >= 4 is 10.9 Å². The van der Waals surface area contributed by atoms with Crippen molar-refractivity contribution in [1.29, 1.82) is 0 Å². The van der Waals surface area contributed by atoms with Gasteiger partial charge in [0.15, 0.2) is 0 Å². The van der Waals surface area contributed by atoms with Gasteiger partial charge in [-0.15, -0.1) is 0 Å². The number of rotatable bonds is 0. The first-order valence-corrected chi connectivity index (χ1v) is 5.33. The lowest BCUT2D eigenvalue weighted by atomic mass is 10.1. The Balaban J connectivity index is 2.30. The topological polar surface area (TPSA) is 51.2 Å². The van der Waals surface area contributed by atoms with E-state index in [1.165, 1.54) is 11.2 Å². The van der Waals surface area contributed by atoms with E-state index in [-0.39, 0.29) is 6.04 Å². The molecule has 0 saturated heterocycles. The van der Waals surface area contributed by atoms with Crippen LogP contribution in [0.25, 0.3) is 10.9 Å². The zero-order valence-electron chi connectivity index (χ0n) is 8.48. The Bertz CT molecular complexity index is 516. The van der Waals surface area contributed by atoms with Crippen molar-refractivity contribution in [3.05, 3.63) is 30.0 Å². The minimum atomic E-state index is 0.147. The molecular weight excluding hydrogens is 188 g/mol. The van der Waals surface area contributed by atoms with Crippen LogP contribution in [0.4, 0.5) is 0 Å². The summed E-state index contributed by atoms with van der Waals surface area (Å²) in [6.45, 7) is 1.04. The molecule has 0 spiro atoms. The van der Waals surface area contributed by atoms with E-state index in [4.69, 9.17) is 5.73 Å². The highest BCUT2D eigenvalue weighted by Crippen LogP contribution is 2.31. The molecule has 3 heteroatoms. The van der Waals surface area contributed by atoms with Crippen molar-refractivity contribution in [2.24, 2.45) is 5.73 Å². The van der Waals surface area contributed by atoms with Gasteiger partial charge in [0.25, 0.3) is 0 Å². The average molecular weight is 202 g/mol. The van der Waals surface area contributed by atoms with E-state index >= 15 is 0 Å². The molecule has 1 aliphatic heterocycles. The molecule has 1 unspecified atom stereocenters. The van der Waals surface area contributed by atoms with Crippen LogP contribution in [0.3, 0.4) is 0 Å². The van der Waals surface area contributed by atoms with Gasteiger partial charge in [-0.3, -0.25) is 0 Å². The van der Waals surface area contributed by atoms with E-state index in [9.17, 15) is 5.11 Å². The second-order valence-electron chi connectivity index (χ2n) is 4.21. The largest absolute Gasteiger partial charge is 0.508 e. The molecule has 0 saturated carbocycles. The third-order valence-corrected chi connectivity index (χ3v) is 3.19. The molecule has 3 N–H and O–H groups in total. The van der Waals surface area contributed by atoms with Crippen LogP contribution in [0.5, 0.6) is 5.75 Å². The molecule has 0 aliphatic carbocycles. The van der Waals surface area contributed by atoms with Gasteiger partial charge >= 0.3 is 0 Å². The van der Waals surface area contributed by atoms with Crippen LogP contribution in [0, 0.1) is 0 Å². The van der Waals surface area contributed by atoms with Crippen LogP contribution in [0.15, 0.2) is 24.3 Å². The molecule has 2 heterocycles. The van der Waals surface area contributed by atoms with Crippen LogP contribution in [0.2, 0.25) is 0 Å². The molecule has 0 fully saturated rings. The fourth-order valence-electron chi connectivity index (χ4n) is 2.45. The van der Waals surface area contributed by atoms with Gasteiger partial charge in [0, 0.05) is 29.2 Å². The Kier molecular flexibility index (Phi) is 1.76. The van der Waals surface area contributed by atoms with Crippen molar-refractivity contribution in [3.8, 4) is 5.75 Å². The molecule has 0 bridgehead atoms. The molecule has 78 valence electrons. The molecule has 1 aliphatic rings. The zero-order valence-corrected chi connectivity index (χ0v) is 8.48. The predicted molar refractivity (Wildman–Crippen MR) is 59.8 cm³/mol. The number of hydrogen-bond donors (Lipinski definition) is 2. The molecule has 2 aromatic rings. The summed E-state index contributed by atoms with van der Waals surface area (Å²) >= 11 is 0. The quantitative estimate of drug-likeness (QED) is 0.687. The van der Waals surface area contributed by atoms with E-state index in [0.29, 0.717) is 5.75 Å². The second-order valence-corrected chi connectivity index (χ2v) is 4.21. The highest BCUT2D eigenvalue weighted by Gasteiger charge is 2.19. The van der Waals surface area contributed by atoms with E-state index in [1.54, 1.807) is 12.1 Å². The third-order valence-electron chi connectivity index (χ3n) is 3.19. The van der Waals surface area contributed by atoms with Gasteiger partial charge < -0.3 is 15.4 Å². The number of aromatic nitrogens is 1.